The second kappa shape index (κ2) is 4.93. The second-order valence-corrected chi connectivity index (χ2v) is 3.86. The number of aromatic nitrogens is 4. The molecule has 0 aromatic carbocycles. The zero-order valence-corrected chi connectivity index (χ0v) is 9.78. The van der Waals surface area contributed by atoms with E-state index in [0.29, 0.717) is 18.3 Å². The van der Waals surface area contributed by atoms with Gasteiger partial charge in [0.25, 0.3) is 0 Å². The van der Waals surface area contributed by atoms with E-state index in [0.717, 1.165) is 10.8 Å². The highest BCUT2D eigenvalue weighted by Crippen LogP contribution is 2.14. The highest BCUT2D eigenvalue weighted by molar-refractivity contribution is 7.98. The lowest BCUT2D eigenvalue weighted by atomic mass is 10.5. The number of aryl methyl sites for hydroxylation is 1. The molecular weight excluding hydrogens is 226 g/mol. The molecule has 0 saturated heterocycles. The second-order valence-electron chi connectivity index (χ2n) is 3.03. The van der Waals surface area contributed by atoms with Crippen LogP contribution in [0.15, 0.2) is 21.9 Å². The molecule has 0 atom stereocenters. The smallest absolute Gasteiger partial charge is 0.245 e. The molecule has 2 aromatic heterocycles. The van der Waals surface area contributed by atoms with Gasteiger partial charge in [-0.3, -0.25) is 0 Å². The molecule has 2 aromatic rings. The Kier molecular flexibility index (Phi) is 3.35. The Bertz CT molecular complexity index is 472. The Morgan fingerprint density at radius 1 is 1.44 bits per heavy atom. The molecule has 0 unspecified atom stereocenters. The predicted octanol–water partition coefficient (Wildman–Crippen LogP) is 1.50. The molecule has 0 fully saturated rings. The van der Waals surface area contributed by atoms with Crippen LogP contribution in [0.5, 0.6) is 0 Å². The van der Waals surface area contributed by atoms with Gasteiger partial charge in [0, 0.05) is 6.07 Å². The van der Waals surface area contributed by atoms with Gasteiger partial charge >= 0.3 is 0 Å². The number of anilines is 1. The van der Waals surface area contributed by atoms with Crippen molar-refractivity contribution in [3.05, 3.63) is 24.1 Å². The molecule has 1 N–H and O–H groups in total. The first kappa shape index (κ1) is 10.9. The molecule has 7 heteroatoms. The van der Waals surface area contributed by atoms with Crippen LogP contribution in [-0.2, 0) is 6.54 Å². The number of nitrogens with zero attached hydrogens (tertiary/aromatic N) is 4. The molecule has 0 saturated carbocycles. The van der Waals surface area contributed by atoms with Crippen LogP contribution in [0.1, 0.15) is 11.7 Å². The van der Waals surface area contributed by atoms with E-state index >= 15 is 0 Å². The quantitative estimate of drug-likeness (QED) is 0.637. The van der Waals surface area contributed by atoms with Crippen molar-refractivity contribution in [1.29, 1.82) is 0 Å². The molecule has 0 radical (unpaired) electrons. The van der Waals surface area contributed by atoms with Crippen LogP contribution >= 0.6 is 11.8 Å². The highest BCUT2D eigenvalue weighted by Gasteiger charge is 2.03. The summed E-state index contributed by atoms with van der Waals surface area (Å²) >= 11 is 1.57. The number of rotatable bonds is 4. The first-order valence-electron chi connectivity index (χ1n) is 4.67. The Morgan fingerprint density at radius 2 is 2.31 bits per heavy atom. The maximum atomic E-state index is 4.97. The summed E-state index contributed by atoms with van der Waals surface area (Å²) in [7, 11) is 0. The van der Waals surface area contributed by atoms with Gasteiger partial charge in [0.15, 0.2) is 5.82 Å². The standard InChI is InChI=1S/C9H11N5OS/c1-6-13-8(15-14-6)4-10-7-3-9(16-2)12-5-11-7/h3,5H,4H2,1-2H3,(H,10,11,12). The van der Waals surface area contributed by atoms with Crippen molar-refractivity contribution in [2.24, 2.45) is 0 Å². The lowest BCUT2D eigenvalue weighted by Gasteiger charge is -2.02. The van der Waals surface area contributed by atoms with Crippen molar-refractivity contribution in [2.75, 3.05) is 11.6 Å². The van der Waals surface area contributed by atoms with E-state index in [1.807, 2.05) is 12.3 Å². The summed E-state index contributed by atoms with van der Waals surface area (Å²) in [4.78, 5) is 12.2. The minimum atomic E-state index is 0.464. The van der Waals surface area contributed by atoms with Gasteiger partial charge in [0.2, 0.25) is 5.89 Å². The number of hydrogen-bond donors (Lipinski definition) is 1. The average molecular weight is 237 g/mol. The average Bonchev–Trinajstić information content (AvgIpc) is 2.73. The van der Waals surface area contributed by atoms with Gasteiger partial charge in [-0.1, -0.05) is 5.16 Å². The normalized spacial score (nSPS) is 10.4. The Hall–Kier alpha value is -1.63. The van der Waals surface area contributed by atoms with E-state index in [4.69, 9.17) is 4.52 Å². The molecule has 0 aliphatic heterocycles. The maximum absolute atomic E-state index is 4.97. The molecule has 0 bridgehead atoms. The van der Waals surface area contributed by atoms with Crippen molar-refractivity contribution >= 4 is 17.6 Å². The summed E-state index contributed by atoms with van der Waals surface area (Å²) < 4.78 is 4.97. The van der Waals surface area contributed by atoms with Crippen molar-refractivity contribution in [1.82, 2.24) is 20.1 Å². The number of hydrogen-bond acceptors (Lipinski definition) is 7. The monoisotopic (exact) mass is 237 g/mol. The molecule has 16 heavy (non-hydrogen) atoms. The fourth-order valence-electron chi connectivity index (χ4n) is 1.13. The third kappa shape index (κ3) is 2.69. The zero-order chi connectivity index (χ0) is 11.4. The van der Waals surface area contributed by atoms with Gasteiger partial charge in [0.1, 0.15) is 17.2 Å². The van der Waals surface area contributed by atoms with Crippen LogP contribution in [0.25, 0.3) is 0 Å². The molecule has 84 valence electrons. The van der Waals surface area contributed by atoms with Gasteiger partial charge < -0.3 is 9.84 Å². The van der Waals surface area contributed by atoms with Crippen LogP contribution in [0, 0.1) is 6.92 Å². The van der Waals surface area contributed by atoms with Gasteiger partial charge in [-0.25, -0.2) is 9.97 Å². The maximum Gasteiger partial charge on any atom is 0.245 e. The minimum absolute atomic E-state index is 0.464. The Balaban J connectivity index is 1.99. The first-order chi connectivity index (χ1) is 7.78. The SMILES string of the molecule is CSc1cc(NCc2nc(C)no2)ncn1. The van der Waals surface area contributed by atoms with Gasteiger partial charge in [0.05, 0.1) is 6.54 Å². The van der Waals surface area contributed by atoms with Crippen molar-refractivity contribution < 1.29 is 4.52 Å². The van der Waals surface area contributed by atoms with E-state index in [2.05, 4.69) is 25.4 Å². The zero-order valence-electron chi connectivity index (χ0n) is 8.97. The first-order valence-corrected chi connectivity index (χ1v) is 5.89. The Labute approximate surface area is 96.9 Å². The Morgan fingerprint density at radius 3 is 3.00 bits per heavy atom. The molecule has 0 aliphatic carbocycles. The molecule has 2 heterocycles. The number of nitrogens with one attached hydrogen (secondary N) is 1. The lowest BCUT2D eigenvalue weighted by Crippen LogP contribution is -2.02. The minimum Gasteiger partial charge on any atom is -0.361 e. The molecular formula is C9H11N5OS. The summed E-state index contributed by atoms with van der Waals surface area (Å²) in [6.45, 7) is 2.25. The third-order valence-electron chi connectivity index (χ3n) is 1.84. The summed E-state index contributed by atoms with van der Waals surface area (Å²) in [5.41, 5.74) is 0. The van der Waals surface area contributed by atoms with Crippen molar-refractivity contribution in [3.63, 3.8) is 0 Å². The van der Waals surface area contributed by atoms with Crippen LogP contribution in [-0.4, -0.2) is 26.4 Å². The molecule has 6 nitrogen and oxygen atoms in total. The molecule has 0 spiro atoms. The third-order valence-corrected chi connectivity index (χ3v) is 2.48. The number of thioether (sulfide) groups is 1. The van der Waals surface area contributed by atoms with Crippen molar-refractivity contribution in [2.45, 2.75) is 18.5 Å². The van der Waals surface area contributed by atoms with Crippen LogP contribution in [0.2, 0.25) is 0 Å². The summed E-state index contributed by atoms with van der Waals surface area (Å²) in [5.74, 6) is 1.92. The molecule has 0 aliphatic rings. The predicted molar refractivity (Wildman–Crippen MR) is 60.2 cm³/mol. The summed E-state index contributed by atoms with van der Waals surface area (Å²) in [5, 5.41) is 7.70. The topological polar surface area (TPSA) is 76.7 Å². The van der Waals surface area contributed by atoms with E-state index in [1.165, 1.54) is 6.33 Å². The lowest BCUT2D eigenvalue weighted by molar-refractivity contribution is 0.379. The fourth-order valence-corrected chi connectivity index (χ4v) is 1.51. The van der Waals surface area contributed by atoms with E-state index in [1.54, 1.807) is 18.7 Å². The van der Waals surface area contributed by atoms with E-state index in [9.17, 15) is 0 Å². The van der Waals surface area contributed by atoms with Crippen LogP contribution in [0.4, 0.5) is 5.82 Å². The largest absolute Gasteiger partial charge is 0.361 e. The van der Waals surface area contributed by atoms with Crippen molar-refractivity contribution in [3.8, 4) is 0 Å². The summed E-state index contributed by atoms with van der Waals surface area (Å²) in [6.07, 6.45) is 3.49. The molecule has 2 rings (SSSR count). The molecule has 0 amide bonds. The van der Waals surface area contributed by atoms with E-state index < -0.39 is 0 Å². The van der Waals surface area contributed by atoms with Gasteiger partial charge in [-0.05, 0) is 13.2 Å². The van der Waals surface area contributed by atoms with E-state index in [-0.39, 0.29) is 0 Å². The van der Waals surface area contributed by atoms with Crippen LogP contribution < -0.4 is 5.32 Å². The van der Waals surface area contributed by atoms with Gasteiger partial charge in [-0.15, -0.1) is 11.8 Å². The highest BCUT2D eigenvalue weighted by atomic mass is 32.2. The van der Waals surface area contributed by atoms with Crippen LogP contribution in [0.3, 0.4) is 0 Å². The van der Waals surface area contributed by atoms with Gasteiger partial charge in [-0.2, -0.15) is 4.98 Å². The summed E-state index contributed by atoms with van der Waals surface area (Å²) in [6, 6.07) is 1.87. The fraction of sp³-hybridized carbons (Fsp3) is 0.333.